The predicted molar refractivity (Wildman–Crippen MR) is 153 cm³/mol. The van der Waals surface area contributed by atoms with Gasteiger partial charge >= 0.3 is 0 Å². The largest absolute Gasteiger partial charge is 0.507 e. The Bertz CT molecular complexity index is 1650. The fourth-order valence-corrected chi connectivity index (χ4v) is 5.83. The van der Waals surface area contributed by atoms with Crippen molar-refractivity contribution in [1.82, 2.24) is 0 Å². The van der Waals surface area contributed by atoms with Crippen LogP contribution in [0.25, 0.3) is 54.2 Å². The molecule has 0 saturated carbocycles. The summed E-state index contributed by atoms with van der Waals surface area (Å²) in [4.78, 5) is 0. The monoisotopic (exact) mass is 470 g/mol. The molecule has 6 aromatic carbocycles. The summed E-state index contributed by atoms with van der Waals surface area (Å²) >= 11 is 0. The third-order valence-electron chi connectivity index (χ3n) is 7.45. The highest BCUT2D eigenvalue weighted by Gasteiger charge is 2.21. The standard InChI is InChI=1S/C34H30O2/c1-3-9-21-15-17-27-29(19-21)31(23-11-5-7-13-25(23)33(27)35)32-24-12-6-8-14-26(24)34(36)28-18-16-22(10-4-2)20-30(28)32/h5-8,11-20,35-36H,3-4,9-10H2,1-2H3. The van der Waals surface area contributed by atoms with Gasteiger partial charge in [0.15, 0.2) is 0 Å². The summed E-state index contributed by atoms with van der Waals surface area (Å²) in [6, 6.07) is 29.2. The van der Waals surface area contributed by atoms with Crippen LogP contribution in [0, 0.1) is 0 Å². The third-order valence-corrected chi connectivity index (χ3v) is 7.45. The van der Waals surface area contributed by atoms with Crippen molar-refractivity contribution < 1.29 is 10.2 Å². The average molecular weight is 471 g/mol. The molecule has 0 aliphatic carbocycles. The highest BCUT2D eigenvalue weighted by molar-refractivity contribution is 6.26. The van der Waals surface area contributed by atoms with E-state index in [0.717, 1.165) is 79.9 Å². The lowest BCUT2D eigenvalue weighted by Gasteiger charge is -2.20. The lowest BCUT2D eigenvalue weighted by Crippen LogP contribution is -1.93. The maximum absolute atomic E-state index is 11.3. The van der Waals surface area contributed by atoms with E-state index in [2.05, 4.69) is 62.4 Å². The molecular weight excluding hydrogens is 440 g/mol. The number of fused-ring (bicyclic) bond motifs is 4. The van der Waals surface area contributed by atoms with Crippen molar-refractivity contribution in [2.75, 3.05) is 0 Å². The van der Waals surface area contributed by atoms with Crippen molar-refractivity contribution >= 4 is 43.1 Å². The second-order valence-electron chi connectivity index (χ2n) is 9.80. The molecular formula is C34H30O2. The van der Waals surface area contributed by atoms with Crippen LogP contribution in [0.4, 0.5) is 0 Å². The average Bonchev–Trinajstić information content (AvgIpc) is 2.91. The van der Waals surface area contributed by atoms with Gasteiger partial charge in [0, 0.05) is 21.5 Å². The maximum Gasteiger partial charge on any atom is 0.131 e. The number of aryl methyl sites for hydroxylation is 2. The van der Waals surface area contributed by atoms with E-state index in [4.69, 9.17) is 0 Å². The molecule has 6 aromatic rings. The van der Waals surface area contributed by atoms with E-state index in [1.807, 2.05) is 36.4 Å². The van der Waals surface area contributed by atoms with Crippen molar-refractivity contribution in [3.05, 3.63) is 96.1 Å². The minimum absolute atomic E-state index is 0.325. The molecule has 0 amide bonds. The number of benzene rings is 6. The first kappa shape index (κ1) is 22.4. The van der Waals surface area contributed by atoms with Crippen molar-refractivity contribution in [1.29, 1.82) is 0 Å². The van der Waals surface area contributed by atoms with Crippen LogP contribution in [0.3, 0.4) is 0 Å². The van der Waals surface area contributed by atoms with Gasteiger partial charge in [-0.3, -0.25) is 0 Å². The minimum Gasteiger partial charge on any atom is -0.507 e. The van der Waals surface area contributed by atoms with Gasteiger partial charge < -0.3 is 10.2 Å². The van der Waals surface area contributed by atoms with Crippen molar-refractivity contribution in [2.24, 2.45) is 0 Å². The first-order valence-corrected chi connectivity index (χ1v) is 12.9. The Balaban J connectivity index is 1.89. The topological polar surface area (TPSA) is 40.5 Å². The third kappa shape index (κ3) is 3.40. The number of aromatic hydroxyl groups is 2. The van der Waals surface area contributed by atoms with Crippen molar-refractivity contribution in [3.63, 3.8) is 0 Å². The summed E-state index contributed by atoms with van der Waals surface area (Å²) in [5, 5.41) is 30.3. The van der Waals surface area contributed by atoms with Gasteiger partial charge in [0.05, 0.1) is 0 Å². The summed E-state index contributed by atoms with van der Waals surface area (Å²) in [5.74, 6) is 0.651. The number of rotatable bonds is 5. The molecule has 2 nitrogen and oxygen atoms in total. The van der Waals surface area contributed by atoms with E-state index in [0.29, 0.717) is 11.5 Å². The van der Waals surface area contributed by atoms with Crippen molar-refractivity contribution in [3.8, 4) is 22.6 Å². The van der Waals surface area contributed by atoms with Gasteiger partial charge in [-0.25, -0.2) is 0 Å². The van der Waals surface area contributed by atoms with Gasteiger partial charge in [-0.05, 0) is 56.6 Å². The first-order valence-electron chi connectivity index (χ1n) is 12.9. The van der Waals surface area contributed by atoms with Crippen LogP contribution >= 0.6 is 0 Å². The van der Waals surface area contributed by atoms with Gasteiger partial charge in [0.2, 0.25) is 0 Å². The zero-order valence-electron chi connectivity index (χ0n) is 20.8. The number of hydrogen-bond acceptors (Lipinski definition) is 2. The molecule has 2 heteroatoms. The molecule has 0 spiro atoms. The van der Waals surface area contributed by atoms with Crippen LogP contribution in [0.15, 0.2) is 84.9 Å². The predicted octanol–water partition coefficient (Wildman–Crippen LogP) is 9.28. The molecule has 0 radical (unpaired) electrons. The van der Waals surface area contributed by atoms with Gasteiger partial charge in [0.1, 0.15) is 11.5 Å². The Morgan fingerprint density at radius 3 is 1.19 bits per heavy atom. The molecule has 0 fully saturated rings. The quantitative estimate of drug-likeness (QED) is 0.246. The number of phenolic OH excluding ortho intramolecular Hbond substituents is 2. The van der Waals surface area contributed by atoms with E-state index in [1.54, 1.807) is 0 Å². The molecule has 2 N–H and O–H groups in total. The Morgan fingerprint density at radius 1 is 0.444 bits per heavy atom. The van der Waals surface area contributed by atoms with E-state index in [1.165, 1.54) is 11.1 Å². The van der Waals surface area contributed by atoms with Crippen molar-refractivity contribution in [2.45, 2.75) is 39.5 Å². The molecule has 6 rings (SSSR count). The second-order valence-corrected chi connectivity index (χ2v) is 9.80. The maximum atomic E-state index is 11.3. The van der Waals surface area contributed by atoms with Crippen LogP contribution in [-0.4, -0.2) is 10.2 Å². The van der Waals surface area contributed by atoms with Gasteiger partial charge in [0.25, 0.3) is 0 Å². The molecule has 0 aliphatic heterocycles. The molecule has 0 aromatic heterocycles. The van der Waals surface area contributed by atoms with E-state index < -0.39 is 0 Å². The Labute approximate surface area is 211 Å². The summed E-state index contributed by atoms with van der Waals surface area (Å²) in [5.41, 5.74) is 4.76. The van der Waals surface area contributed by atoms with Crippen LogP contribution in [-0.2, 0) is 12.8 Å². The van der Waals surface area contributed by atoms with E-state index >= 15 is 0 Å². The molecule has 0 heterocycles. The Morgan fingerprint density at radius 2 is 0.806 bits per heavy atom. The van der Waals surface area contributed by atoms with E-state index in [9.17, 15) is 10.2 Å². The van der Waals surface area contributed by atoms with Crippen LogP contribution in [0.2, 0.25) is 0 Å². The summed E-state index contributed by atoms with van der Waals surface area (Å²) in [7, 11) is 0. The molecule has 0 saturated heterocycles. The molecule has 36 heavy (non-hydrogen) atoms. The highest BCUT2D eigenvalue weighted by Crippen LogP contribution is 2.49. The highest BCUT2D eigenvalue weighted by atomic mass is 16.3. The lowest BCUT2D eigenvalue weighted by atomic mass is 9.84. The van der Waals surface area contributed by atoms with Crippen LogP contribution < -0.4 is 0 Å². The molecule has 0 atom stereocenters. The number of hydrogen-bond donors (Lipinski definition) is 2. The molecule has 0 unspecified atom stereocenters. The fraction of sp³-hybridized carbons (Fsp3) is 0.176. The summed E-state index contributed by atoms with van der Waals surface area (Å²) in [6.07, 6.45) is 4.10. The SMILES string of the molecule is CCCc1ccc2c(O)c3ccccc3c(-c3c4ccccc4c(O)c4ccc(CCC)cc34)c2c1. The lowest BCUT2D eigenvalue weighted by molar-refractivity contribution is 0.487. The van der Waals surface area contributed by atoms with Crippen LogP contribution in [0.1, 0.15) is 37.8 Å². The fourth-order valence-electron chi connectivity index (χ4n) is 5.83. The van der Waals surface area contributed by atoms with Gasteiger partial charge in [-0.2, -0.15) is 0 Å². The van der Waals surface area contributed by atoms with E-state index in [-0.39, 0.29) is 0 Å². The minimum atomic E-state index is 0.325. The van der Waals surface area contributed by atoms with Gasteiger partial charge in [-0.15, -0.1) is 0 Å². The second kappa shape index (κ2) is 8.87. The normalized spacial score (nSPS) is 11.7. The molecule has 0 aliphatic rings. The Hall–Kier alpha value is -4.04. The molecule has 0 bridgehead atoms. The number of phenols is 2. The van der Waals surface area contributed by atoms with Crippen LogP contribution in [0.5, 0.6) is 11.5 Å². The smallest absolute Gasteiger partial charge is 0.131 e. The summed E-state index contributed by atoms with van der Waals surface area (Å²) in [6.45, 7) is 4.39. The van der Waals surface area contributed by atoms with Gasteiger partial charge in [-0.1, -0.05) is 112 Å². The molecule has 178 valence electrons. The zero-order chi connectivity index (χ0) is 24.8. The first-order chi connectivity index (χ1) is 17.6. The summed E-state index contributed by atoms with van der Waals surface area (Å²) < 4.78 is 0. The Kier molecular flexibility index (Phi) is 5.53. The zero-order valence-corrected chi connectivity index (χ0v) is 20.8.